The van der Waals surface area contributed by atoms with E-state index >= 15 is 0 Å². The summed E-state index contributed by atoms with van der Waals surface area (Å²) in [6, 6.07) is 0.367. The number of aliphatic imine (C=N–C) groups is 1. The highest BCUT2D eigenvalue weighted by molar-refractivity contribution is 5.83. The summed E-state index contributed by atoms with van der Waals surface area (Å²) in [7, 11) is 1.65. The summed E-state index contributed by atoms with van der Waals surface area (Å²) < 4.78 is 0. The molecule has 0 fully saturated rings. The van der Waals surface area contributed by atoms with Gasteiger partial charge in [-0.1, -0.05) is 6.92 Å². The lowest BCUT2D eigenvalue weighted by Crippen LogP contribution is -2.43. The highest BCUT2D eigenvalue weighted by Crippen LogP contribution is 2.15. The van der Waals surface area contributed by atoms with Gasteiger partial charge in [0, 0.05) is 19.6 Å². The van der Waals surface area contributed by atoms with Gasteiger partial charge in [0.25, 0.3) is 0 Å². The third-order valence-corrected chi connectivity index (χ3v) is 2.81. The fourth-order valence-corrected chi connectivity index (χ4v) is 1.34. The first-order valence-electron chi connectivity index (χ1n) is 6.64. The van der Waals surface area contributed by atoms with Gasteiger partial charge in [0.2, 0.25) is 5.91 Å². The molecular formula is C13H28N4O. The van der Waals surface area contributed by atoms with Crippen LogP contribution in [0.25, 0.3) is 0 Å². The molecule has 0 bridgehead atoms. The maximum Gasteiger partial charge on any atom is 0.227 e. The first-order chi connectivity index (χ1) is 8.37. The van der Waals surface area contributed by atoms with E-state index < -0.39 is 5.41 Å². The Morgan fingerprint density at radius 3 is 2.39 bits per heavy atom. The van der Waals surface area contributed by atoms with E-state index in [1.54, 1.807) is 7.05 Å². The molecule has 1 atom stereocenters. The largest absolute Gasteiger partial charge is 0.359 e. The quantitative estimate of drug-likeness (QED) is 0.493. The Balaban J connectivity index is 4.61. The highest BCUT2D eigenvalue weighted by Gasteiger charge is 2.26. The molecule has 0 aliphatic heterocycles. The number of amides is 1. The zero-order valence-corrected chi connectivity index (χ0v) is 12.6. The van der Waals surface area contributed by atoms with Crippen LogP contribution in [-0.4, -0.2) is 38.0 Å². The van der Waals surface area contributed by atoms with Gasteiger partial charge in [-0.3, -0.25) is 9.79 Å². The van der Waals surface area contributed by atoms with Gasteiger partial charge in [-0.15, -0.1) is 0 Å². The van der Waals surface area contributed by atoms with Crippen molar-refractivity contribution in [2.24, 2.45) is 10.4 Å². The number of hydrogen-bond acceptors (Lipinski definition) is 2. The number of guanidine groups is 1. The third kappa shape index (κ3) is 5.89. The van der Waals surface area contributed by atoms with E-state index in [9.17, 15) is 4.79 Å². The number of hydrogen-bond donors (Lipinski definition) is 3. The lowest BCUT2D eigenvalue weighted by molar-refractivity contribution is -0.128. The van der Waals surface area contributed by atoms with Crippen molar-refractivity contribution in [3.63, 3.8) is 0 Å². The fraction of sp³-hybridized carbons (Fsp3) is 0.846. The summed E-state index contributed by atoms with van der Waals surface area (Å²) in [4.78, 5) is 16.1. The van der Waals surface area contributed by atoms with Crippen molar-refractivity contribution in [2.75, 3.05) is 20.1 Å². The highest BCUT2D eigenvalue weighted by atomic mass is 16.2. The van der Waals surface area contributed by atoms with Gasteiger partial charge in [-0.25, -0.2) is 0 Å². The van der Waals surface area contributed by atoms with E-state index in [1.165, 1.54) is 0 Å². The zero-order valence-electron chi connectivity index (χ0n) is 12.6. The topological polar surface area (TPSA) is 65.5 Å². The maximum atomic E-state index is 11.7. The Morgan fingerprint density at radius 1 is 1.33 bits per heavy atom. The molecule has 0 saturated carbocycles. The monoisotopic (exact) mass is 256 g/mol. The van der Waals surface area contributed by atoms with E-state index in [0.29, 0.717) is 12.6 Å². The summed E-state index contributed by atoms with van der Waals surface area (Å²) in [5.41, 5.74) is -0.493. The molecule has 3 N–H and O–H groups in total. The third-order valence-electron chi connectivity index (χ3n) is 2.81. The van der Waals surface area contributed by atoms with Crippen LogP contribution in [-0.2, 0) is 4.79 Å². The minimum absolute atomic E-state index is 0.00522. The van der Waals surface area contributed by atoms with Gasteiger partial charge >= 0.3 is 0 Å². The van der Waals surface area contributed by atoms with E-state index in [1.807, 2.05) is 20.8 Å². The minimum atomic E-state index is -0.493. The van der Waals surface area contributed by atoms with Crippen molar-refractivity contribution in [3.8, 4) is 0 Å². The van der Waals surface area contributed by atoms with Crippen molar-refractivity contribution in [3.05, 3.63) is 0 Å². The summed E-state index contributed by atoms with van der Waals surface area (Å²) in [5.74, 6) is 0.773. The molecule has 0 aliphatic rings. The van der Waals surface area contributed by atoms with Crippen LogP contribution in [0.1, 0.15) is 41.0 Å². The molecule has 0 aliphatic carbocycles. The molecule has 1 amide bonds. The van der Waals surface area contributed by atoms with Crippen molar-refractivity contribution in [1.82, 2.24) is 16.0 Å². The molecule has 0 aromatic heterocycles. The molecule has 0 heterocycles. The van der Waals surface area contributed by atoms with Gasteiger partial charge < -0.3 is 16.0 Å². The molecule has 0 radical (unpaired) electrons. The summed E-state index contributed by atoms with van der Waals surface area (Å²) in [6.45, 7) is 11.3. The Hall–Kier alpha value is -1.26. The standard InChI is InChI=1S/C13H28N4O/c1-7-10(3)17-12(15-8-2)16-9-13(4,5)11(18)14-6/h10H,7-9H2,1-6H3,(H,14,18)(H2,15,16,17). The number of carbonyl (C=O) groups excluding carboxylic acids is 1. The predicted octanol–water partition coefficient (Wildman–Crippen LogP) is 1.11. The minimum Gasteiger partial charge on any atom is -0.359 e. The van der Waals surface area contributed by atoms with Gasteiger partial charge in [0.05, 0.1) is 12.0 Å². The van der Waals surface area contributed by atoms with Crippen LogP contribution in [0.3, 0.4) is 0 Å². The van der Waals surface area contributed by atoms with E-state index in [4.69, 9.17) is 0 Å². The molecule has 0 aromatic rings. The molecule has 106 valence electrons. The Kier molecular flexibility index (Phi) is 7.39. The number of nitrogens with zero attached hydrogens (tertiary/aromatic N) is 1. The van der Waals surface area contributed by atoms with E-state index in [-0.39, 0.29) is 5.91 Å². The zero-order chi connectivity index (χ0) is 14.2. The van der Waals surface area contributed by atoms with Crippen LogP contribution in [0.2, 0.25) is 0 Å². The number of nitrogens with one attached hydrogen (secondary N) is 3. The average Bonchev–Trinajstić information content (AvgIpc) is 2.34. The van der Waals surface area contributed by atoms with Gasteiger partial charge in [-0.05, 0) is 34.1 Å². The molecular weight excluding hydrogens is 228 g/mol. The maximum absolute atomic E-state index is 11.7. The van der Waals surface area contributed by atoms with Crippen molar-refractivity contribution >= 4 is 11.9 Å². The SMILES string of the molecule is CCNC(=NCC(C)(C)C(=O)NC)NC(C)CC. The summed E-state index contributed by atoms with van der Waals surface area (Å²) >= 11 is 0. The van der Waals surface area contributed by atoms with Gasteiger partial charge in [0.15, 0.2) is 5.96 Å². The van der Waals surface area contributed by atoms with E-state index in [2.05, 4.69) is 34.8 Å². The smallest absolute Gasteiger partial charge is 0.227 e. The normalized spacial score (nSPS) is 14.0. The second-order valence-corrected chi connectivity index (χ2v) is 5.11. The second kappa shape index (κ2) is 7.95. The first kappa shape index (κ1) is 16.7. The van der Waals surface area contributed by atoms with Gasteiger partial charge in [0.1, 0.15) is 0 Å². The van der Waals surface area contributed by atoms with Crippen LogP contribution in [0, 0.1) is 5.41 Å². The predicted molar refractivity (Wildman–Crippen MR) is 76.7 cm³/mol. The van der Waals surface area contributed by atoms with E-state index in [0.717, 1.165) is 18.9 Å². The van der Waals surface area contributed by atoms with Crippen molar-refractivity contribution in [2.45, 2.75) is 47.1 Å². The lowest BCUT2D eigenvalue weighted by Gasteiger charge is -2.22. The molecule has 5 nitrogen and oxygen atoms in total. The molecule has 0 aromatic carbocycles. The molecule has 18 heavy (non-hydrogen) atoms. The van der Waals surface area contributed by atoms with Crippen molar-refractivity contribution < 1.29 is 4.79 Å². The molecule has 5 heteroatoms. The number of rotatable bonds is 6. The second-order valence-electron chi connectivity index (χ2n) is 5.11. The Bertz CT molecular complexity index is 287. The first-order valence-corrected chi connectivity index (χ1v) is 6.64. The van der Waals surface area contributed by atoms with Crippen LogP contribution in [0.4, 0.5) is 0 Å². The fourth-order valence-electron chi connectivity index (χ4n) is 1.34. The van der Waals surface area contributed by atoms with Crippen LogP contribution < -0.4 is 16.0 Å². The number of carbonyl (C=O) groups is 1. The summed E-state index contributed by atoms with van der Waals surface area (Å²) in [5, 5.41) is 9.15. The molecule has 0 saturated heterocycles. The van der Waals surface area contributed by atoms with Crippen LogP contribution in [0.15, 0.2) is 4.99 Å². The Labute approximate surface area is 111 Å². The van der Waals surface area contributed by atoms with Crippen LogP contribution >= 0.6 is 0 Å². The molecule has 0 rings (SSSR count). The Morgan fingerprint density at radius 2 is 1.94 bits per heavy atom. The summed E-state index contributed by atoms with van der Waals surface area (Å²) in [6.07, 6.45) is 1.03. The van der Waals surface area contributed by atoms with Crippen LogP contribution in [0.5, 0.6) is 0 Å². The lowest BCUT2D eigenvalue weighted by atomic mass is 9.93. The van der Waals surface area contributed by atoms with Gasteiger partial charge in [-0.2, -0.15) is 0 Å². The average molecular weight is 256 g/mol. The molecule has 1 unspecified atom stereocenters. The molecule has 0 spiro atoms. The van der Waals surface area contributed by atoms with Crippen molar-refractivity contribution in [1.29, 1.82) is 0 Å².